The van der Waals surface area contributed by atoms with Crippen LogP contribution in [0.2, 0.25) is 5.02 Å². The van der Waals surface area contributed by atoms with Crippen molar-refractivity contribution in [1.82, 2.24) is 30.5 Å². The minimum absolute atomic E-state index is 0.105. The Kier molecular flexibility index (Phi) is 3.98. The first-order chi connectivity index (χ1) is 8.65. The molecule has 1 unspecified atom stereocenters. The lowest BCUT2D eigenvalue weighted by Gasteiger charge is -2.19. The zero-order valence-electron chi connectivity index (χ0n) is 10.7. The number of H-pyrrole nitrogens is 1. The maximum atomic E-state index is 6.25. The number of hydrogen-bond donors (Lipinski definition) is 2. The summed E-state index contributed by atoms with van der Waals surface area (Å²) in [5.41, 5.74) is 1.73. The zero-order valence-corrected chi connectivity index (χ0v) is 11.4. The van der Waals surface area contributed by atoms with Gasteiger partial charge in [-0.2, -0.15) is 20.5 Å². The van der Waals surface area contributed by atoms with Gasteiger partial charge in [0.25, 0.3) is 0 Å². The lowest BCUT2D eigenvalue weighted by atomic mass is 10.1. The predicted octanol–water partition coefficient (Wildman–Crippen LogP) is 1.93. The Morgan fingerprint density at radius 1 is 1.44 bits per heavy atom. The number of nitrogens with zero attached hydrogens (tertiary/aromatic N) is 4. The molecule has 0 aliphatic rings. The molecule has 2 aromatic heterocycles. The van der Waals surface area contributed by atoms with Gasteiger partial charge in [0.2, 0.25) is 0 Å². The van der Waals surface area contributed by atoms with Crippen LogP contribution in [0.1, 0.15) is 44.2 Å². The molecule has 98 valence electrons. The average molecular weight is 269 g/mol. The van der Waals surface area contributed by atoms with E-state index in [9.17, 15) is 0 Å². The molecule has 6 nitrogen and oxygen atoms in total. The number of halogens is 1. The minimum atomic E-state index is -0.105. The molecule has 2 aromatic rings. The van der Waals surface area contributed by atoms with Crippen molar-refractivity contribution in [3.8, 4) is 0 Å². The molecule has 7 heteroatoms. The molecule has 0 aromatic carbocycles. The summed E-state index contributed by atoms with van der Waals surface area (Å²) in [5, 5.41) is 18.9. The SMILES string of the molecule is CCNC(c1cn[nH]n1)c1c(Cl)cnn1C(C)C. The Morgan fingerprint density at radius 2 is 2.22 bits per heavy atom. The van der Waals surface area contributed by atoms with E-state index < -0.39 is 0 Å². The summed E-state index contributed by atoms with van der Waals surface area (Å²) in [7, 11) is 0. The van der Waals surface area contributed by atoms with Gasteiger partial charge in [-0.1, -0.05) is 18.5 Å². The van der Waals surface area contributed by atoms with E-state index in [4.69, 9.17) is 11.6 Å². The van der Waals surface area contributed by atoms with E-state index >= 15 is 0 Å². The standard InChI is InChI=1S/C11H17ClN6/c1-4-13-10(9-6-14-17-16-9)11-8(12)5-15-18(11)7(2)3/h5-7,10,13H,4H2,1-3H3,(H,14,16,17). The normalized spacial score (nSPS) is 13.2. The molecule has 18 heavy (non-hydrogen) atoms. The van der Waals surface area contributed by atoms with Crippen molar-refractivity contribution in [3.63, 3.8) is 0 Å². The minimum Gasteiger partial charge on any atom is -0.304 e. The van der Waals surface area contributed by atoms with Crippen molar-refractivity contribution in [3.05, 3.63) is 28.8 Å². The lowest BCUT2D eigenvalue weighted by molar-refractivity contribution is 0.472. The largest absolute Gasteiger partial charge is 0.304 e. The topological polar surface area (TPSA) is 71.4 Å². The van der Waals surface area contributed by atoms with Crippen LogP contribution in [-0.2, 0) is 0 Å². The Hall–Kier alpha value is -1.40. The highest BCUT2D eigenvalue weighted by molar-refractivity contribution is 6.31. The second kappa shape index (κ2) is 5.49. The van der Waals surface area contributed by atoms with E-state index in [1.54, 1.807) is 12.4 Å². The second-order valence-corrected chi connectivity index (χ2v) is 4.71. The van der Waals surface area contributed by atoms with Gasteiger partial charge in [-0.15, -0.1) is 0 Å². The quantitative estimate of drug-likeness (QED) is 0.869. The third-order valence-corrected chi connectivity index (χ3v) is 2.98. The molecule has 0 aliphatic carbocycles. The molecule has 1 atom stereocenters. The molecular formula is C11H17ClN6. The third-order valence-electron chi connectivity index (χ3n) is 2.69. The van der Waals surface area contributed by atoms with Gasteiger partial charge < -0.3 is 5.32 Å². The number of hydrogen-bond acceptors (Lipinski definition) is 4. The Balaban J connectivity index is 2.45. The van der Waals surface area contributed by atoms with Crippen molar-refractivity contribution in [2.24, 2.45) is 0 Å². The first-order valence-electron chi connectivity index (χ1n) is 5.97. The summed E-state index contributed by atoms with van der Waals surface area (Å²) in [4.78, 5) is 0. The molecule has 2 rings (SSSR count). The summed E-state index contributed by atoms with van der Waals surface area (Å²) < 4.78 is 1.91. The van der Waals surface area contributed by atoms with Crippen LogP contribution in [0, 0.1) is 0 Å². The Bertz CT molecular complexity index is 490. The molecule has 2 N–H and O–H groups in total. The van der Waals surface area contributed by atoms with Crippen molar-refractivity contribution in [2.45, 2.75) is 32.9 Å². The first kappa shape index (κ1) is 13.0. The van der Waals surface area contributed by atoms with E-state index in [1.807, 2.05) is 11.6 Å². The van der Waals surface area contributed by atoms with E-state index in [-0.39, 0.29) is 12.1 Å². The molecule has 0 saturated carbocycles. The number of aromatic amines is 1. The molecular weight excluding hydrogens is 252 g/mol. The average Bonchev–Trinajstić information content (AvgIpc) is 2.95. The van der Waals surface area contributed by atoms with E-state index in [0.717, 1.165) is 17.9 Å². The summed E-state index contributed by atoms with van der Waals surface area (Å²) in [5.74, 6) is 0. The molecule has 0 saturated heterocycles. The van der Waals surface area contributed by atoms with Gasteiger partial charge in [0.1, 0.15) is 5.69 Å². The first-order valence-corrected chi connectivity index (χ1v) is 6.34. The van der Waals surface area contributed by atoms with Gasteiger partial charge in [0, 0.05) is 6.04 Å². The van der Waals surface area contributed by atoms with Crippen LogP contribution in [0.4, 0.5) is 0 Å². The Morgan fingerprint density at radius 3 is 2.78 bits per heavy atom. The fraction of sp³-hybridized carbons (Fsp3) is 0.545. The van der Waals surface area contributed by atoms with Crippen molar-refractivity contribution in [1.29, 1.82) is 0 Å². The van der Waals surface area contributed by atoms with Gasteiger partial charge >= 0.3 is 0 Å². The van der Waals surface area contributed by atoms with Crippen LogP contribution >= 0.6 is 11.6 Å². The highest BCUT2D eigenvalue weighted by atomic mass is 35.5. The monoisotopic (exact) mass is 268 g/mol. The van der Waals surface area contributed by atoms with Gasteiger partial charge in [0.05, 0.1) is 29.2 Å². The molecule has 0 spiro atoms. The molecule has 0 fully saturated rings. The van der Waals surface area contributed by atoms with Gasteiger partial charge in [-0.25, -0.2) is 0 Å². The second-order valence-electron chi connectivity index (χ2n) is 4.30. The molecule has 0 aliphatic heterocycles. The summed E-state index contributed by atoms with van der Waals surface area (Å²) in [6, 6.07) is 0.131. The van der Waals surface area contributed by atoms with Crippen LogP contribution in [0.15, 0.2) is 12.4 Å². The fourth-order valence-corrected chi connectivity index (χ4v) is 2.17. The van der Waals surface area contributed by atoms with E-state index in [2.05, 4.69) is 39.7 Å². The molecule has 0 bridgehead atoms. The highest BCUT2D eigenvalue weighted by Gasteiger charge is 2.24. The van der Waals surface area contributed by atoms with Crippen LogP contribution in [0.25, 0.3) is 0 Å². The van der Waals surface area contributed by atoms with Crippen LogP contribution < -0.4 is 5.32 Å². The van der Waals surface area contributed by atoms with Crippen LogP contribution in [0.5, 0.6) is 0 Å². The molecule has 0 radical (unpaired) electrons. The van der Waals surface area contributed by atoms with Crippen molar-refractivity contribution < 1.29 is 0 Å². The maximum Gasteiger partial charge on any atom is 0.106 e. The zero-order chi connectivity index (χ0) is 13.1. The van der Waals surface area contributed by atoms with Crippen LogP contribution in [-0.4, -0.2) is 31.7 Å². The maximum absolute atomic E-state index is 6.25. The van der Waals surface area contributed by atoms with E-state index in [0.29, 0.717) is 5.02 Å². The van der Waals surface area contributed by atoms with E-state index in [1.165, 1.54) is 0 Å². The number of nitrogens with one attached hydrogen (secondary N) is 2. The van der Waals surface area contributed by atoms with Gasteiger partial charge in [0.15, 0.2) is 0 Å². The predicted molar refractivity (Wildman–Crippen MR) is 69.5 cm³/mol. The summed E-state index contributed by atoms with van der Waals surface area (Å²) in [6.07, 6.45) is 3.36. The Labute approximate surface area is 111 Å². The van der Waals surface area contributed by atoms with Gasteiger partial charge in [-0.05, 0) is 20.4 Å². The fourth-order valence-electron chi connectivity index (χ4n) is 1.93. The smallest absolute Gasteiger partial charge is 0.106 e. The third kappa shape index (κ3) is 2.39. The summed E-state index contributed by atoms with van der Waals surface area (Å²) >= 11 is 6.25. The van der Waals surface area contributed by atoms with Gasteiger partial charge in [-0.3, -0.25) is 4.68 Å². The lowest BCUT2D eigenvalue weighted by Crippen LogP contribution is -2.26. The number of rotatable bonds is 5. The van der Waals surface area contributed by atoms with Crippen molar-refractivity contribution in [2.75, 3.05) is 6.54 Å². The molecule has 2 heterocycles. The highest BCUT2D eigenvalue weighted by Crippen LogP contribution is 2.28. The summed E-state index contributed by atoms with van der Waals surface area (Å²) in [6.45, 7) is 6.98. The van der Waals surface area contributed by atoms with Crippen molar-refractivity contribution >= 4 is 11.6 Å². The number of aromatic nitrogens is 5. The van der Waals surface area contributed by atoms with Crippen LogP contribution in [0.3, 0.4) is 0 Å². The molecule has 0 amide bonds.